The maximum Gasteiger partial charge on any atom is 0.337 e. The maximum atomic E-state index is 12.3. The Morgan fingerprint density at radius 3 is 2.48 bits per heavy atom. The lowest BCUT2D eigenvalue weighted by atomic mass is 10.2. The average Bonchev–Trinajstić information content (AvgIpc) is 2.36. The Labute approximate surface area is 121 Å². The molecule has 1 aromatic rings. The van der Waals surface area contributed by atoms with Crippen LogP contribution in [0.3, 0.4) is 0 Å². The molecule has 8 nitrogen and oxygen atoms in total. The number of likely N-dealkylation sites (N-methyl/N-ethyl adjacent to an activating group) is 1. The second kappa shape index (κ2) is 6.02. The first kappa shape index (κ1) is 16.8. The van der Waals surface area contributed by atoms with E-state index in [-0.39, 0.29) is 6.54 Å². The number of carboxylic acids is 1. The van der Waals surface area contributed by atoms with Gasteiger partial charge in [0.05, 0.1) is 15.4 Å². The van der Waals surface area contributed by atoms with Crippen LogP contribution in [0.25, 0.3) is 0 Å². The van der Waals surface area contributed by atoms with Crippen molar-refractivity contribution in [2.75, 3.05) is 13.6 Å². The molecule has 0 aliphatic rings. The van der Waals surface area contributed by atoms with Crippen LogP contribution in [0.4, 0.5) is 5.69 Å². The number of nitro benzene ring substituents is 1. The number of sulfonamides is 1. The summed E-state index contributed by atoms with van der Waals surface area (Å²) in [6.45, 7) is 5.22. The Kier molecular flexibility index (Phi) is 4.81. The number of rotatable bonds is 6. The number of hydrogen-bond acceptors (Lipinski definition) is 5. The fourth-order valence-corrected chi connectivity index (χ4v) is 3.05. The highest BCUT2D eigenvalue weighted by Gasteiger charge is 2.28. The van der Waals surface area contributed by atoms with Crippen molar-refractivity contribution in [3.63, 3.8) is 0 Å². The molecule has 114 valence electrons. The molecule has 0 aromatic heterocycles. The van der Waals surface area contributed by atoms with E-state index < -0.39 is 37.1 Å². The summed E-state index contributed by atoms with van der Waals surface area (Å²) < 4.78 is 25.6. The third-order valence-electron chi connectivity index (χ3n) is 2.59. The molecule has 21 heavy (non-hydrogen) atoms. The van der Waals surface area contributed by atoms with Crippen molar-refractivity contribution in [2.24, 2.45) is 0 Å². The van der Waals surface area contributed by atoms with Crippen LogP contribution in [0.1, 0.15) is 17.3 Å². The van der Waals surface area contributed by atoms with E-state index in [0.717, 1.165) is 22.5 Å². The summed E-state index contributed by atoms with van der Waals surface area (Å²) in [5, 5.41) is 19.7. The zero-order valence-electron chi connectivity index (χ0n) is 11.4. The van der Waals surface area contributed by atoms with Crippen molar-refractivity contribution >= 4 is 21.7 Å². The number of hydrogen-bond donors (Lipinski definition) is 1. The van der Waals surface area contributed by atoms with Gasteiger partial charge in [0.25, 0.3) is 5.69 Å². The molecular weight excluding hydrogens is 300 g/mol. The van der Waals surface area contributed by atoms with Crippen LogP contribution in [0.15, 0.2) is 35.2 Å². The number of nitro groups is 1. The minimum atomic E-state index is -4.08. The van der Waals surface area contributed by atoms with Crippen LogP contribution in [0.2, 0.25) is 0 Å². The Bertz CT molecular complexity index is 710. The van der Waals surface area contributed by atoms with Gasteiger partial charge >= 0.3 is 5.97 Å². The van der Waals surface area contributed by atoms with Crippen LogP contribution in [-0.2, 0) is 10.0 Å². The summed E-state index contributed by atoms with van der Waals surface area (Å²) in [7, 11) is -2.81. The van der Waals surface area contributed by atoms with E-state index in [0.29, 0.717) is 5.57 Å². The molecule has 0 spiro atoms. The van der Waals surface area contributed by atoms with Crippen molar-refractivity contribution < 1.29 is 23.2 Å². The standard InChI is InChI=1S/C12H14N2O6S/c1-8(2)7-13(3)21(19,20)11-5-4-9(14(17)18)6-10(11)12(15)16/h4-6H,1,7H2,2-3H3,(H,15,16). The predicted octanol–water partition coefficient (Wildman–Crippen LogP) is 1.49. The van der Waals surface area contributed by atoms with Gasteiger partial charge < -0.3 is 5.11 Å². The number of benzene rings is 1. The molecule has 9 heteroatoms. The van der Waals surface area contributed by atoms with Gasteiger partial charge in [0.15, 0.2) is 0 Å². The molecule has 0 aliphatic carbocycles. The second-order valence-corrected chi connectivity index (χ2v) is 6.47. The number of aromatic carboxylic acids is 1. The average molecular weight is 314 g/mol. The quantitative estimate of drug-likeness (QED) is 0.483. The van der Waals surface area contributed by atoms with Crippen molar-refractivity contribution in [1.82, 2.24) is 4.31 Å². The summed E-state index contributed by atoms with van der Waals surface area (Å²) in [6, 6.07) is 2.60. The molecule has 0 atom stereocenters. The lowest BCUT2D eigenvalue weighted by Gasteiger charge is -2.18. The molecule has 0 heterocycles. The van der Waals surface area contributed by atoms with Crippen LogP contribution < -0.4 is 0 Å². The van der Waals surface area contributed by atoms with E-state index >= 15 is 0 Å². The van der Waals surface area contributed by atoms with Gasteiger partial charge in [-0.05, 0) is 13.0 Å². The summed E-state index contributed by atoms with van der Waals surface area (Å²) >= 11 is 0. The van der Waals surface area contributed by atoms with Gasteiger partial charge in [0, 0.05) is 25.7 Å². The minimum absolute atomic E-state index is 0.0123. The van der Waals surface area contributed by atoms with Crippen LogP contribution in [0, 0.1) is 10.1 Å². The summed E-state index contributed by atoms with van der Waals surface area (Å²) in [4.78, 5) is 20.5. The fraction of sp³-hybridized carbons (Fsp3) is 0.250. The zero-order chi connectivity index (χ0) is 16.4. The Morgan fingerprint density at radius 1 is 1.48 bits per heavy atom. The molecule has 0 aliphatic heterocycles. The minimum Gasteiger partial charge on any atom is -0.478 e. The lowest BCUT2D eigenvalue weighted by Crippen LogP contribution is -2.29. The third kappa shape index (κ3) is 3.64. The molecule has 0 bridgehead atoms. The van der Waals surface area contributed by atoms with Gasteiger partial charge in [-0.15, -0.1) is 0 Å². The van der Waals surface area contributed by atoms with E-state index in [1.54, 1.807) is 6.92 Å². The number of nitrogens with zero attached hydrogens (tertiary/aromatic N) is 2. The number of carbonyl (C=O) groups is 1. The molecule has 1 aromatic carbocycles. The number of carboxylic acid groups (broad SMARTS) is 1. The molecule has 0 unspecified atom stereocenters. The van der Waals surface area contributed by atoms with Crippen molar-refractivity contribution in [3.8, 4) is 0 Å². The van der Waals surface area contributed by atoms with Crippen molar-refractivity contribution in [2.45, 2.75) is 11.8 Å². The van der Waals surface area contributed by atoms with Gasteiger partial charge in [-0.25, -0.2) is 13.2 Å². The third-order valence-corrected chi connectivity index (χ3v) is 4.45. The van der Waals surface area contributed by atoms with E-state index in [1.165, 1.54) is 7.05 Å². The first-order chi connectivity index (χ1) is 9.57. The molecule has 1 rings (SSSR count). The van der Waals surface area contributed by atoms with Crippen molar-refractivity contribution in [1.29, 1.82) is 0 Å². The van der Waals surface area contributed by atoms with Crippen molar-refractivity contribution in [3.05, 3.63) is 46.0 Å². The van der Waals surface area contributed by atoms with Gasteiger partial charge in [0.2, 0.25) is 10.0 Å². The monoisotopic (exact) mass is 314 g/mol. The molecule has 0 fully saturated rings. The first-order valence-electron chi connectivity index (χ1n) is 5.70. The predicted molar refractivity (Wildman–Crippen MR) is 74.7 cm³/mol. The normalized spacial score (nSPS) is 11.4. The maximum absolute atomic E-state index is 12.3. The number of non-ortho nitro benzene ring substituents is 1. The SMILES string of the molecule is C=C(C)CN(C)S(=O)(=O)c1ccc([N+](=O)[O-])cc1C(=O)O. The highest BCUT2D eigenvalue weighted by Crippen LogP contribution is 2.24. The Morgan fingerprint density at radius 2 is 2.05 bits per heavy atom. The molecular formula is C12H14N2O6S. The Balaban J connectivity index is 3.45. The van der Waals surface area contributed by atoms with E-state index in [9.17, 15) is 23.3 Å². The highest BCUT2D eigenvalue weighted by atomic mass is 32.2. The van der Waals surface area contributed by atoms with Gasteiger partial charge in [0.1, 0.15) is 0 Å². The lowest BCUT2D eigenvalue weighted by molar-refractivity contribution is -0.384. The van der Waals surface area contributed by atoms with E-state index in [4.69, 9.17) is 5.11 Å². The van der Waals surface area contributed by atoms with Gasteiger partial charge in [-0.1, -0.05) is 12.2 Å². The zero-order valence-corrected chi connectivity index (χ0v) is 12.3. The fourth-order valence-electron chi connectivity index (χ4n) is 1.66. The summed E-state index contributed by atoms with van der Waals surface area (Å²) in [5.41, 5.74) is -0.563. The van der Waals surface area contributed by atoms with E-state index in [1.807, 2.05) is 0 Å². The smallest absolute Gasteiger partial charge is 0.337 e. The molecule has 0 saturated carbocycles. The largest absolute Gasteiger partial charge is 0.478 e. The molecule has 0 radical (unpaired) electrons. The highest BCUT2D eigenvalue weighted by molar-refractivity contribution is 7.89. The molecule has 0 amide bonds. The van der Waals surface area contributed by atoms with Gasteiger partial charge in [-0.3, -0.25) is 10.1 Å². The molecule has 0 saturated heterocycles. The first-order valence-corrected chi connectivity index (χ1v) is 7.14. The topological polar surface area (TPSA) is 118 Å². The Hall–Kier alpha value is -2.26. The molecule has 1 N–H and O–H groups in total. The van der Waals surface area contributed by atoms with Crippen LogP contribution in [-0.4, -0.2) is 42.3 Å². The van der Waals surface area contributed by atoms with Crippen LogP contribution >= 0.6 is 0 Å². The summed E-state index contributed by atoms with van der Waals surface area (Å²) in [6.07, 6.45) is 0. The second-order valence-electron chi connectivity index (χ2n) is 4.46. The van der Waals surface area contributed by atoms with E-state index in [2.05, 4.69) is 6.58 Å². The van der Waals surface area contributed by atoms with Gasteiger partial charge in [-0.2, -0.15) is 4.31 Å². The summed E-state index contributed by atoms with van der Waals surface area (Å²) in [5.74, 6) is -1.55. The van der Waals surface area contributed by atoms with Crippen LogP contribution in [0.5, 0.6) is 0 Å².